The van der Waals surface area contributed by atoms with Crippen LogP contribution in [0.5, 0.6) is 0 Å². The zero-order chi connectivity index (χ0) is 14.7. The summed E-state index contributed by atoms with van der Waals surface area (Å²) in [5.41, 5.74) is 2.12. The Kier molecular flexibility index (Phi) is 4.70. The number of thioether (sulfide) groups is 1. The monoisotopic (exact) mass is 293 g/mol. The molecule has 1 N–H and O–H groups in total. The average molecular weight is 293 g/mol. The number of rotatable bonds is 4. The zero-order valence-corrected chi connectivity index (χ0v) is 12.6. The second-order valence-electron chi connectivity index (χ2n) is 5.16. The van der Waals surface area contributed by atoms with Gasteiger partial charge in [-0.1, -0.05) is 13.8 Å². The normalized spacial score (nSPS) is 14.2. The smallest absolute Gasteiger partial charge is 0.335 e. The van der Waals surface area contributed by atoms with Crippen LogP contribution in [0.4, 0.5) is 5.69 Å². The number of carbonyl (C=O) groups is 2. The lowest BCUT2D eigenvalue weighted by Gasteiger charge is -2.30. The average Bonchev–Trinajstić information content (AvgIpc) is 2.43. The van der Waals surface area contributed by atoms with E-state index in [0.717, 1.165) is 30.6 Å². The fourth-order valence-corrected chi connectivity index (χ4v) is 2.94. The molecule has 20 heavy (non-hydrogen) atoms. The molecular weight excluding hydrogens is 274 g/mol. The van der Waals surface area contributed by atoms with Crippen LogP contribution in [0, 0.1) is 0 Å². The highest BCUT2D eigenvalue weighted by Crippen LogP contribution is 2.29. The van der Waals surface area contributed by atoms with E-state index in [-0.39, 0.29) is 11.5 Å². The molecule has 0 saturated heterocycles. The molecule has 1 aromatic carbocycles. The molecule has 1 aliphatic heterocycles. The van der Waals surface area contributed by atoms with Gasteiger partial charge in [0.15, 0.2) is 0 Å². The van der Waals surface area contributed by atoms with Crippen LogP contribution in [0.3, 0.4) is 0 Å². The van der Waals surface area contributed by atoms with Gasteiger partial charge in [-0.2, -0.15) is 0 Å². The maximum atomic E-state index is 12.3. The van der Waals surface area contributed by atoms with Crippen LogP contribution in [0.1, 0.15) is 36.2 Å². The van der Waals surface area contributed by atoms with Crippen molar-refractivity contribution in [3.05, 3.63) is 29.3 Å². The maximum Gasteiger partial charge on any atom is 0.335 e. The van der Waals surface area contributed by atoms with Gasteiger partial charge in [0, 0.05) is 12.2 Å². The molecule has 1 heterocycles. The van der Waals surface area contributed by atoms with Gasteiger partial charge in [0.2, 0.25) is 5.91 Å². The molecule has 0 saturated carbocycles. The topological polar surface area (TPSA) is 57.6 Å². The predicted molar refractivity (Wildman–Crippen MR) is 81.7 cm³/mol. The number of amides is 1. The van der Waals surface area contributed by atoms with Crippen LogP contribution < -0.4 is 4.90 Å². The number of carbonyl (C=O) groups excluding carboxylic acids is 1. The number of aromatic carboxylic acids is 1. The van der Waals surface area contributed by atoms with Crippen molar-refractivity contribution < 1.29 is 14.7 Å². The molecule has 0 aromatic heterocycles. The number of benzene rings is 1. The molecular formula is C15H19NO3S. The zero-order valence-electron chi connectivity index (χ0n) is 11.8. The van der Waals surface area contributed by atoms with Crippen molar-refractivity contribution in [2.45, 2.75) is 31.9 Å². The fraction of sp³-hybridized carbons (Fsp3) is 0.467. The number of hydrogen-bond donors (Lipinski definition) is 1. The molecule has 0 radical (unpaired) electrons. The molecule has 0 spiro atoms. The molecule has 0 bridgehead atoms. The van der Waals surface area contributed by atoms with Crippen molar-refractivity contribution in [2.24, 2.45) is 0 Å². The van der Waals surface area contributed by atoms with Crippen LogP contribution in [0.2, 0.25) is 0 Å². The van der Waals surface area contributed by atoms with E-state index in [1.165, 1.54) is 0 Å². The Hall–Kier alpha value is -1.49. The highest BCUT2D eigenvalue weighted by Gasteiger charge is 2.23. The first-order valence-corrected chi connectivity index (χ1v) is 7.82. The lowest BCUT2D eigenvalue weighted by Crippen LogP contribution is -2.37. The summed E-state index contributed by atoms with van der Waals surface area (Å²) in [5, 5.41) is 9.45. The van der Waals surface area contributed by atoms with Crippen LogP contribution in [0.15, 0.2) is 18.2 Å². The Morgan fingerprint density at radius 1 is 1.40 bits per heavy atom. The molecule has 0 unspecified atom stereocenters. The van der Waals surface area contributed by atoms with Gasteiger partial charge in [-0.25, -0.2) is 4.79 Å². The third kappa shape index (κ3) is 3.33. The van der Waals surface area contributed by atoms with E-state index in [2.05, 4.69) is 13.8 Å². The molecule has 0 fully saturated rings. The van der Waals surface area contributed by atoms with E-state index >= 15 is 0 Å². The molecule has 0 aliphatic carbocycles. The van der Waals surface area contributed by atoms with E-state index < -0.39 is 5.97 Å². The summed E-state index contributed by atoms with van der Waals surface area (Å²) >= 11 is 1.63. The first-order valence-electron chi connectivity index (χ1n) is 6.77. The van der Waals surface area contributed by atoms with Gasteiger partial charge in [0.05, 0.1) is 11.3 Å². The number of anilines is 1. The summed E-state index contributed by atoms with van der Waals surface area (Å²) in [5.74, 6) is -0.350. The first-order chi connectivity index (χ1) is 9.49. The minimum absolute atomic E-state index is 0.104. The summed E-state index contributed by atoms with van der Waals surface area (Å²) in [4.78, 5) is 25.1. The summed E-state index contributed by atoms with van der Waals surface area (Å²) in [7, 11) is 0. The Bertz CT molecular complexity index is 528. The van der Waals surface area contributed by atoms with E-state index in [0.29, 0.717) is 11.0 Å². The van der Waals surface area contributed by atoms with Crippen LogP contribution in [-0.4, -0.2) is 34.5 Å². The van der Waals surface area contributed by atoms with Gasteiger partial charge < -0.3 is 10.0 Å². The summed E-state index contributed by atoms with van der Waals surface area (Å²) in [6, 6.07) is 5.02. The Morgan fingerprint density at radius 2 is 2.15 bits per heavy atom. The number of nitrogens with zero attached hydrogens (tertiary/aromatic N) is 1. The number of aryl methyl sites for hydroxylation is 1. The Labute approximate surface area is 123 Å². The van der Waals surface area contributed by atoms with Crippen LogP contribution in [0.25, 0.3) is 0 Å². The quantitative estimate of drug-likeness (QED) is 0.927. The number of hydrogen-bond acceptors (Lipinski definition) is 3. The standard InChI is InChI=1S/C15H19NO3S/c1-10(2)20-9-14(17)16-7-3-4-11-8-12(15(18)19)5-6-13(11)16/h5-6,8,10H,3-4,7,9H2,1-2H3,(H,18,19). The summed E-state index contributed by atoms with van der Waals surface area (Å²) in [6.07, 6.45) is 1.71. The maximum absolute atomic E-state index is 12.3. The molecule has 4 nitrogen and oxygen atoms in total. The summed E-state index contributed by atoms with van der Waals surface area (Å²) < 4.78 is 0. The second-order valence-corrected chi connectivity index (χ2v) is 6.72. The van der Waals surface area contributed by atoms with E-state index in [1.807, 2.05) is 0 Å². The molecule has 108 valence electrons. The van der Waals surface area contributed by atoms with Crippen molar-refractivity contribution in [3.63, 3.8) is 0 Å². The van der Waals surface area contributed by atoms with E-state index in [4.69, 9.17) is 5.11 Å². The Morgan fingerprint density at radius 3 is 2.80 bits per heavy atom. The summed E-state index contributed by atoms with van der Waals surface area (Å²) in [6.45, 7) is 4.86. The molecule has 1 aromatic rings. The third-order valence-electron chi connectivity index (χ3n) is 3.29. The SMILES string of the molecule is CC(C)SCC(=O)N1CCCc2cc(C(=O)O)ccc21. The van der Waals surface area contributed by atoms with Crippen LogP contribution >= 0.6 is 11.8 Å². The van der Waals surface area contributed by atoms with Gasteiger partial charge in [-0.05, 0) is 41.9 Å². The third-order valence-corrected chi connectivity index (χ3v) is 4.37. The van der Waals surface area contributed by atoms with Crippen molar-refractivity contribution in [3.8, 4) is 0 Å². The van der Waals surface area contributed by atoms with Gasteiger partial charge >= 0.3 is 5.97 Å². The van der Waals surface area contributed by atoms with E-state index in [9.17, 15) is 9.59 Å². The lowest BCUT2D eigenvalue weighted by molar-refractivity contribution is -0.116. The lowest BCUT2D eigenvalue weighted by atomic mass is 9.99. The number of fused-ring (bicyclic) bond motifs is 1. The highest BCUT2D eigenvalue weighted by atomic mass is 32.2. The largest absolute Gasteiger partial charge is 0.478 e. The fourth-order valence-electron chi connectivity index (χ4n) is 2.31. The first kappa shape index (κ1) is 14.9. The number of carboxylic acid groups (broad SMARTS) is 1. The predicted octanol–water partition coefficient (Wildman–Crippen LogP) is 2.81. The molecule has 1 amide bonds. The van der Waals surface area contributed by atoms with Crippen molar-refractivity contribution >= 4 is 29.3 Å². The number of carboxylic acids is 1. The van der Waals surface area contributed by atoms with Gasteiger partial charge in [0.1, 0.15) is 0 Å². The highest BCUT2D eigenvalue weighted by molar-refractivity contribution is 8.00. The van der Waals surface area contributed by atoms with Gasteiger partial charge in [-0.15, -0.1) is 11.8 Å². The molecule has 1 aliphatic rings. The van der Waals surface area contributed by atoms with Crippen molar-refractivity contribution in [1.82, 2.24) is 0 Å². The minimum atomic E-state index is -0.924. The molecule has 0 atom stereocenters. The minimum Gasteiger partial charge on any atom is -0.478 e. The molecule has 5 heteroatoms. The van der Waals surface area contributed by atoms with Gasteiger partial charge in [-0.3, -0.25) is 4.79 Å². The molecule has 2 rings (SSSR count). The van der Waals surface area contributed by atoms with Gasteiger partial charge in [0.25, 0.3) is 0 Å². The van der Waals surface area contributed by atoms with E-state index in [1.54, 1.807) is 34.9 Å². The van der Waals surface area contributed by atoms with Crippen molar-refractivity contribution in [1.29, 1.82) is 0 Å². The van der Waals surface area contributed by atoms with Crippen LogP contribution in [-0.2, 0) is 11.2 Å². The van der Waals surface area contributed by atoms with Crippen molar-refractivity contribution in [2.75, 3.05) is 17.2 Å². The Balaban J connectivity index is 2.20. The second kappa shape index (κ2) is 6.31.